The standard InChI is InChI=1S/C18H15NO2/c1-11-6-7-14(10-12(11)2)18(21)15-5-3-4-13-8-9-16(20)19-17(13)15/h3-10H,1-2H3,(H,19,20). The predicted octanol–water partition coefficient (Wildman–Crippen LogP) is 3.38. The molecule has 1 aromatic heterocycles. The Bertz CT molecular complexity index is 906. The SMILES string of the molecule is Cc1ccc(C(=O)c2cccc3ccc(=O)[nH]c23)cc1C. The van der Waals surface area contributed by atoms with E-state index in [0.29, 0.717) is 16.6 Å². The summed E-state index contributed by atoms with van der Waals surface area (Å²) in [5.41, 5.74) is 3.77. The number of fused-ring (bicyclic) bond motifs is 1. The first kappa shape index (κ1) is 13.3. The number of H-pyrrole nitrogens is 1. The van der Waals surface area contributed by atoms with Gasteiger partial charge in [-0.25, -0.2) is 0 Å². The van der Waals surface area contributed by atoms with Crippen LogP contribution in [0.15, 0.2) is 53.3 Å². The molecule has 0 unspecified atom stereocenters. The third-order valence-corrected chi connectivity index (χ3v) is 3.77. The molecule has 3 heteroatoms. The summed E-state index contributed by atoms with van der Waals surface area (Å²) in [5, 5.41) is 0.851. The van der Waals surface area contributed by atoms with Crippen molar-refractivity contribution in [2.75, 3.05) is 0 Å². The summed E-state index contributed by atoms with van der Waals surface area (Å²) in [6, 6.07) is 14.3. The van der Waals surface area contributed by atoms with Crippen LogP contribution >= 0.6 is 0 Å². The fourth-order valence-electron chi connectivity index (χ4n) is 2.41. The average molecular weight is 277 g/mol. The highest BCUT2D eigenvalue weighted by Gasteiger charge is 2.13. The Morgan fingerprint density at radius 2 is 1.76 bits per heavy atom. The Kier molecular flexibility index (Phi) is 3.18. The van der Waals surface area contributed by atoms with Crippen molar-refractivity contribution in [2.45, 2.75) is 13.8 Å². The van der Waals surface area contributed by atoms with Crippen LogP contribution in [0.25, 0.3) is 10.9 Å². The van der Waals surface area contributed by atoms with E-state index >= 15 is 0 Å². The van der Waals surface area contributed by atoms with Crippen molar-refractivity contribution in [3.63, 3.8) is 0 Å². The third-order valence-electron chi connectivity index (χ3n) is 3.77. The van der Waals surface area contributed by atoms with Gasteiger partial charge in [-0.2, -0.15) is 0 Å². The van der Waals surface area contributed by atoms with Gasteiger partial charge in [-0.1, -0.05) is 24.3 Å². The van der Waals surface area contributed by atoms with E-state index in [1.165, 1.54) is 6.07 Å². The molecule has 3 nitrogen and oxygen atoms in total. The summed E-state index contributed by atoms with van der Waals surface area (Å²) in [4.78, 5) is 27.0. The van der Waals surface area contributed by atoms with Gasteiger partial charge in [0, 0.05) is 17.2 Å². The monoisotopic (exact) mass is 277 g/mol. The lowest BCUT2D eigenvalue weighted by Crippen LogP contribution is -2.08. The number of carbonyl (C=O) groups is 1. The van der Waals surface area contributed by atoms with Crippen LogP contribution in [0.3, 0.4) is 0 Å². The highest BCUT2D eigenvalue weighted by Crippen LogP contribution is 2.20. The van der Waals surface area contributed by atoms with E-state index < -0.39 is 0 Å². The number of hydrogen-bond donors (Lipinski definition) is 1. The van der Waals surface area contributed by atoms with E-state index in [0.717, 1.165) is 16.5 Å². The van der Waals surface area contributed by atoms with Crippen LogP contribution in [0, 0.1) is 13.8 Å². The van der Waals surface area contributed by atoms with E-state index in [1.807, 2.05) is 44.2 Å². The number of carbonyl (C=O) groups excluding carboxylic acids is 1. The molecule has 0 radical (unpaired) electrons. The molecule has 0 saturated carbocycles. The Morgan fingerprint density at radius 1 is 0.952 bits per heavy atom. The van der Waals surface area contributed by atoms with Crippen molar-refractivity contribution < 1.29 is 4.79 Å². The maximum atomic E-state index is 12.7. The van der Waals surface area contributed by atoms with Crippen molar-refractivity contribution >= 4 is 16.7 Å². The maximum Gasteiger partial charge on any atom is 0.248 e. The summed E-state index contributed by atoms with van der Waals surface area (Å²) in [6.45, 7) is 4.00. The number of rotatable bonds is 2. The third kappa shape index (κ3) is 2.38. The van der Waals surface area contributed by atoms with E-state index in [4.69, 9.17) is 0 Å². The van der Waals surface area contributed by atoms with Crippen LogP contribution in [0.4, 0.5) is 0 Å². The fourth-order valence-corrected chi connectivity index (χ4v) is 2.41. The first-order chi connectivity index (χ1) is 10.1. The van der Waals surface area contributed by atoms with Crippen molar-refractivity contribution in [1.29, 1.82) is 0 Å². The molecule has 0 spiro atoms. The second-order valence-corrected chi connectivity index (χ2v) is 5.22. The number of nitrogens with one attached hydrogen (secondary N) is 1. The summed E-state index contributed by atoms with van der Waals surface area (Å²) < 4.78 is 0. The highest BCUT2D eigenvalue weighted by molar-refractivity contribution is 6.15. The van der Waals surface area contributed by atoms with Gasteiger partial charge in [-0.3, -0.25) is 9.59 Å². The van der Waals surface area contributed by atoms with Crippen LogP contribution in [0.1, 0.15) is 27.0 Å². The molecule has 104 valence electrons. The normalized spacial score (nSPS) is 10.8. The lowest BCUT2D eigenvalue weighted by Gasteiger charge is -2.07. The number of aromatic amines is 1. The summed E-state index contributed by atoms with van der Waals surface area (Å²) in [7, 11) is 0. The van der Waals surface area contributed by atoms with Gasteiger partial charge in [0.05, 0.1) is 5.52 Å². The zero-order valence-electron chi connectivity index (χ0n) is 11.9. The smallest absolute Gasteiger partial charge is 0.248 e. The van der Waals surface area contributed by atoms with E-state index in [9.17, 15) is 9.59 Å². The van der Waals surface area contributed by atoms with Gasteiger partial charge in [0.15, 0.2) is 5.78 Å². The first-order valence-corrected chi connectivity index (χ1v) is 6.80. The molecule has 21 heavy (non-hydrogen) atoms. The topological polar surface area (TPSA) is 49.9 Å². The Labute approximate surface area is 122 Å². The lowest BCUT2D eigenvalue weighted by atomic mass is 9.97. The van der Waals surface area contributed by atoms with Crippen molar-refractivity contribution in [3.8, 4) is 0 Å². The molecule has 0 saturated heterocycles. The molecule has 0 amide bonds. The second-order valence-electron chi connectivity index (χ2n) is 5.22. The molecule has 0 aliphatic rings. The van der Waals surface area contributed by atoms with Crippen molar-refractivity contribution in [2.24, 2.45) is 0 Å². The van der Waals surface area contributed by atoms with Crippen LogP contribution in [0.2, 0.25) is 0 Å². The number of aromatic nitrogens is 1. The minimum absolute atomic E-state index is 0.0782. The molecule has 1 heterocycles. The highest BCUT2D eigenvalue weighted by atomic mass is 16.1. The van der Waals surface area contributed by atoms with Gasteiger partial charge in [-0.15, -0.1) is 0 Å². The lowest BCUT2D eigenvalue weighted by molar-refractivity contribution is 0.104. The minimum atomic E-state index is -0.206. The zero-order valence-corrected chi connectivity index (χ0v) is 11.9. The quantitative estimate of drug-likeness (QED) is 0.730. The number of aryl methyl sites for hydroxylation is 2. The Morgan fingerprint density at radius 3 is 2.52 bits per heavy atom. The summed E-state index contributed by atoms with van der Waals surface area (Å²) in [5.74, 6) is -0.0782. The molecule has 0 fully saturated rings. The molecule has 0 aliphatic heterocycles. The zero-order chi connectivity index (χ0) is 15.0. The molecular weight excluding hydrogens is 262 g/mol. The number of para-hydroxylation sites is 1. The van der Waals surface area contributed by atoms with Crippen LogP contribution in [-0.2, 0) is 0 Å². The van der Waals surface area contributed by atoms with Gasteiger partial charge >= 0.3 is 0 Å². The van der Waals surface area contributed by atoms with E-state index in [1.54, 1.807) is 12.1 Å². The minimum Gasteiger partial charge on any atom is -0.321 e. The molecule has 0 aliphatic carbocycles. The Hall–Kier alpha value is -2.68. The van der Waals surface area contributed by atoms with Gasteiger partial charge in [0.25, 0.3) is 0 Å². The van der Waals surface area contributed by atoms with Gasteiger partial charge in [0.1, 0.15) is 0 Å². The summed E-state index contributed by atoms with van der Waals surface area (Å²) >= 11 is 0. The number of benzene rings is 2. The summed E-state index contributed by atoms with van der Waals surface area (Å²) in [6.07, 6.45) is 0. The van der Waals surface area contributed by atoms with E-state index in [-0.39, 0.29) is 11.3 Å². The molecule has 1 N–H and O–H groups in total. The van der Waals surface area contributed by atoms with Crippen LogP contribution in [0.5, 0.6) is 0 Å². The van der Waals surface area contributed by atoms with Crippen LogP contribution in [-0.4, -0.2) is 10.8 Å². The second kappa shape index (κ2) is 5.02. The Balaban J connectivity index is 2.19. The molecule has 0 atom stereocenters. The average Bonchev–Trinajstić information content (AvgIpc) is 2.48. The maximum absolute atomic E-state index is 12.7. The fraction of sp³-hybridized carbons (Fsp3) is 0.111. The predicted molar refractivity (Wildman–Crippen MR) is 83.9 cm³/mol. The molecule has 2 aromatic carbocycles. The van der Waals surface area contributed by atoms with Crippen molar-refractivity contribution in [3.05, 3.63) is 81.1 Å². The molecular formula is C18H15NO2. The van der Waals surface area contributed by atoms with Crippen LogP contribution < -0.4 is 5.56 Å². The number of ketones is 1. The first-order valence-electron chi connectivity index (χ1n) is 6.80. The van der Waals surface area contributed by atoms with Gasteiger partial charge in [-0.05, 0) is 48.6 Å². The number of hydrogen-bond acceptors (Lipinski definition) is 2. The molecule has 0 bridgehead atoms. The largest absolute Gasteiger partial charge is 0.321 e. The van der Waals surface area contributed by atoms with Crippen molar-refractivity contribution in [1.82, 2.24) is 4.98 Å². The van der Waals surface area contributed by atoms with Gasteiger partial charge < -0.3 is 4.98 Å². The van der Waals surface area contributed by atoms with E-state index in [2.05, 4.69) is 4.98 Å². The van der Waals surface area contributed by atoms with Gasteiger partial charge in [0.2, 0.25) is 5.56 Å². The molecule has 3 aromatic rings. The number of pyridine rings is 1. The molecule has 3 rings (SSSR count).